The SMILES string of the molecule is COCCCN(C)CC=CC(=O)Nc1cc2c(Nc3ccc(F)c(Cl)c3)ncnc2cc1OCC1CC1. The molecule has 0 aliphatic heterocycles. The van der Waals surface area contributed by atoms with Crippen LogP contribution < -0.4 is 15.4 Å². The van der Waals surface area contributed by atoms with Crippen LogP contribution in [0.5, 0.6) is 5.75 Å². The number of aromatic nitrogens is 2. The molecule has 1 aliphatic carbocycles. The van der Waals surface area contributed by atoms with Crippen LogP contribution >= 0.6 is 11.6 Å². The second-order valence-corrected chi connectivity index (χ2v) is 9.50. The number of carbonyl (C=O) groups is 1. The summed E-state index contributed by atoms with van der Waals surface area (Å²) in [5.41, 5.74) is 1.73. The van der Waals surface area contributed by atoms with Gasteiger partial charge in [0.05, 0.1) is 22.8 Å². The average molecular weight is 528 g/mol. The summed E-state index contributed by atoms with van der Waals surface area (Å²) in [7, 11) is 3.68. The molecule has 4 rings (SSSR count). The van der Waals surface area contributed by atoms with Crippen LogP contribution in [-0.4, -0.2) is 61.2 Å². The molecule has 3 aromatic rings. The number of ether oxygens (including phenoxy) is 2. The van der Waals surface area contributed by atoms with Gasteiger partial charge in [-0.2, -0.15) is 0 Å². The lowest BCUT2D eigenvalue weighted by molar-refractivity contribution is -0.111. The van der Waals surface area contributed by atoms with Gasteiger partial charge in [0, 0.05) is 50.0 Å². The molecule has 196 valence electrons. The molecule has 1 heterocycles. The number of carbonyl (C=O) groups excluding carboxylic acids is 1. The Balaban J connectivity index is 1.54. The van der Waals surface area contributed by atoms with E-state index in [4.69, 9.17) is 21.1 Å². The zero-order valence-corrected chi connectivity index (χ0v) is 21.7. The van der Waals surface area contributed by atoms with E-state index in [-0.39, 0.29) is 10.9 Å². The molecule has 0 spiro atoms. The molecule has 0 saturated heterocycles. The Kier molecular flexibility index (Phi) is 9.27. The molecule has 37 heavy (non-hydrogen) atoms. The lowest BCUT2D eigenvalue weighted by atomic mass is 10.1. The highest BCUT2D eigenvalue weighted by atomic mass is 35.5. The van der Waals surface area contributed by atoms with E-state index < -0.39 is 5.82 Å². The predicted molar refractivity (Wildman–Crippen MR) is 144 cm³/mol. The third kappa shape index (κ3) is 7.85. The fraction of sp³-hybridized carbons (Fsp3) is 0.370. The van der Waals surface area contributed by atoms with Crippen molar-refractivity contribution < 1.29 is 18.7 Å². The quantitative estimate of drug-likeness (QED) is 0.227. The normalized spacial score (nSPS) is 13.4. The minimum atomic E-state index is -0.503. The summed E-state index contributed by atoms with van der Waals surface area (Å²) in [5, 5.41) is 6.76. The minimum absolute atomic E-state index is 0.00297. The molecule has 1 saturated carbocycles. The molecule has 8 nitrogen and oxygen atoms in total. The lowest BCUT2D eigenvalue weighted by Crippen LogP contribution is -2.21. The smallest absolute Gasteiger partial charge is 0.248 e. The number of benzene rings is 2. The number of anilines is 3. The maximum atomic E-state index is 13.6. The van der Waals surface area contributed by atoms with E-state index >= 15 is 0 Å². The predicted octanol–water partition coefficient (Wildman–Crippen LogP) is 5.42. The van der Waals surface area contributed by atoms with Gasteiger partial charge in [0.25, 0.3) is 0 Å². The number of hydrogen-bond donors (Lipinski definition) is 2. The van der Waals surface area contributed by atoms with Crippen molar-refractivity contribution >= 4 is 45.6 Å². The Hall–Kier alpha value is -3.27. The molecule has 1 fully saturated rings. The summed E-state index contributed by atoms with van der Waals surface area (Å²) < 4.78 is 24.7. The fourth-order valence-corrected chi connectivity index (χ4v) is 3.87. The van der Waals surface area contributed by atoms with Crippen LogP contribution in [0.3, 0.4) is 0 Å². The summed E-state index contributed by atoms with van der Waals surface area (Å²) in [6.07, 6.45) is 7.99. The Bertz CT molecular complexity index is 1270. The summed E-state index contributed by atoms with van der Waals surface area (Å²) in [4.78, 5) is 23.6. The van der Waals surface area contributed by atoms with Crippen molar-refractivity contribution in [1.29, 1.82) is 0 Å². The van der Waals surface area contributed by atoms with Gasteiger partial charge in [0.15, 0.2) is 0 Å². The largest absolute Gasteiger partial charge is 0.491 e. The molecule has 2 N–H and O–H groups in total. The number of halogens is 2. The molecule has 1 aliphatic rings. The van der Waals surface area contributed by atoms with Crippen molar-refractivity contribution in [2.75, 3.05) is 51.1 Å². The first-order chi connectivity index (χ1) is 17.9. The van der Waals surface area contributed by atoms with Gasteiger partial charge in [0.2, 0.25) is 5.91 Å². The summed E-state index contributed by atoms with van der Waals surface area (Å²) in [6.45, 7) is 2.80. The van der Waals surface area contributed by atoms with E-state index in [9.17, 15) is 9.18 Å². The van der Waals surface area contributed by atoms with Gasteiger partial charge in [0.1, 0.15) is 23.7 Å². The van der Waals surface area contributed by atoms with Crippen LogP contribution in [0.15, 0.2) is 48.8 Å². The van der Waals surface area contributed by atoms with Crippen LogP contribution in [0.1, 0.15) is 19.3 Å². The van der Waals surface area contributed by atoms with Crippen molar-refractivity contribution in [2.24, 2.45) is 5.92 Å². The number of nitrogens with zero attached hydrogens (tertiary/aromatic N) is 3. The van der Waals surface area contributed by atoms with Crippen LogP contribution in [0.4, 0.5) is 21.6 Å². The zero-order valence-electron chi connectivity index (χ0n) is 21.0. The monoisotopic (exact) mass is 527 g/mol. The van der Waals surface area contributed by atoms with E-state index in [1.807, 2.05) is 13.1 Å². The van der Waals surface area contributed by atoms with Gasteiger partial charge in [-0.05, 0) is 56.5 Å². The van der Waals surface area contributed by atoms with Crippen molar-refractivity contribution in [1.82, 2.24) is 14.9 Å². The molecular weight excluding hydrogens is 497 g/mol. The van der Waals surface area contributed by atoms with Gasteiger partial charge < -0.3 is 25.0 Å². The van der Waals surface area contributed by atoms with E-state index in [0.29, 0.717) is 59.5 Å². The summed E-state index contributed by atoms with van der Waals surface area (Å²) >= 11 is 5.93. The maximum Gasteiger partial charge on any atom is 0.248 e. The van der Waals surface area contributed by atoms with Crippen molar-refractivity contribution in [2.45, 2.75) is 19.3 Å². The Morgan fingerprint density at radius 3 is 2.86 bits per heavy atom. The van der Waals surface area contributed by atoms with Gasteiger partial charge in [-0.3, -0.25) is 4.79 Å². The van der Waals surface area contributed by atoms with E-state index in [1.165, 1.54) is 24.5 Å². The molecule has 0 bridgehead atoms. The number of methoxy groups -OCH3 is 1. The first-order valence-electron chi connectivity index (χ1n) is 12.2. The van der Waals surface area contributed by atoms with Crippen LogP contribution in [0, 0.1) is 11.7 Å². The van der Waals surface area contributed by atoms with E-state index in [0.717, 1.165) is 25.8 Å². The molecule has 0 radical (unpaired) electrons. The second-order valence-electron chi connectivity index (χ2n) is 9.10. The molecule has 0 atom stereocenters. The van der Waals surface area contributed by atoms with Gasteiger partial charge in [-0.15, -0.1) is 0 Å². The molecule has 1 aromatic heterocycles. The highest BCUT2D eigenvalue weighted by molar-refractivity contribution is 6.31. The van der Waals surface area contributed by atoms with Crippen molar-refractivity contribution in [3.05, 3.63) is 59.7 Å². The molecule has 10 heteroatoms. The number of nitrogens with one attached hydrogen (secondary N) is 2. The Morgan fingerprint density at radius 2 is 2.11 bits per heavy atom. The summed E-state index contributed by atoms with van der Waals surface area (Å²) in [6, 6.07) is 7.92. The van der Waals surface area contributed by atoms with Gasteiger partial charge >= 0.3 is 0 Å². The zero-order chi connectivity index (χ0) is 26.2. The van der Waals surface area contributed by atoms with Crippen molar-refractivity contribution in [3.8, 4) is 5.75 Å². The van der Waals surface area contributed by atoms with Crippen LogP contribution in [0.2, 0.25) is 5.02 Å². The topological polar surface area (TPSA) is 88.6 Å². The number of fused-ring (bicyclic) bond motifs is 1. The third-order valence-electron chi connectivity index (χ3n) is 5.92. The van der Waals surface area contributed by atoms with Gasteiger partial charge in [-0.25, -0.2) is 14.4 Å². The minimum Gasteiger partial charge on any atom is -0.491 e. The third-order valence-corrected chi connectivity index (χ3v) is 6.21. The molecule has 2 aromatic carbocycles. The fourth-order valence-electron chi connectivity index (χ4n) is 3.69. The number of likely N-dealkylation sites (N-methyl/N-ethyl adjacent to an activating group) is 1. The average Bonchev–Trinajstić information content (AvgIpc) is 3.70. The van der Waals surface area contributed by atoms with Gasteiger partial charge in [-0.1, -0.05) is 17.7 Å². The molecule has 0 unspecified atom stereocenters. The van der Waals surface area contributed by atoms with Crippen molar-refractivity contribution in [3.63, 3.8) is 0 Å². The Labute approximate surface area is 220 Å². The Morgan fingerprint density at radius 1 is 1.27 bits per heavy atom. The maximum absolute atomic E-state index is 13.6. The highest BCUT2D eigenvalue weighted by Gasteiger charge is 2.23. The molecular formula is C27H31ClFN5O3. The lowest BCUT2D eigenvalue weighted by Gasteiger charge is -2.15. The molecule has 1 amide bonds. The van der Waals surface area contributed by atoms with E-state index in [1.54, 1.807) is 25.3 Å². The number of amides is 1. The first-order valence-corrected chi connectivity index (χ1v) is 12.6. The summed E-state index contributed by atoms with van der Waals surface area (Å²) in [5.74, 6) is 0.810. The highest BCUT2D eigenvalue weighted by Crippen LogP contribution is 2.36. The second kappa shape index (κ2) is 12.8. The van der Waals surface area contributed by atoms with E-state index in [2.05, 4.69) is 25.5 Å². The number of rotatable bonds is 13. The first kappa shape index (κ1) is 26.8. The number of hydrogen-bond acceptors (Lipinski definition) is 7. The van der Waals surface area contributed by atoms with Crippen LogP contribution in [0.25, 0.3) is 10.9 Å². The standard InChI is InChI=1S/C27H31ClFN5O3/c1-34(11-4-12-36-2)10-3-5-26(35)33-24-14-20-23(15-25(24)37-16-18-6-7-18)30-17-31-27(20)32-19-8-9-22(29)21(28)13-19/h3,5,8-9,13-15,17-18H,4,6-7,10-12,16H2,1-2H3,(H,33,35)(H,30,31,32). The van der Waals surface area contributed by atoms with Crippen LogP contribution in [-0.2, 0) is 9.53 Å².